The Morgan fingerprint density at radius 2 is 2.18 bits per heavy atom. The lowest BCUT2D eigenvalue weighted by Gasteiger charge is -2.11. The van der Waals surface area contributed by atoms with Crippen LogP contribution in [0.4, 0.5) is 0 Å². The average molecular weight is 380 g/mol. The highest BCUT2D eigenvalue weighted by molar-refractivity contribution is 5.76. The van der Waals surface area contributed by atoms with Gasteiger partial charge in [0.1, 0.15) is 23.9 Å². The molecule has 0 unspecified atom stereocenters. The summed E-state index contributed by atoms with van der Waals surface area (Å²) in [7, 11) is 0. The van der Waals surface area contributed by atoms with Gasteiger partial charge in [-0.05, 0) is 19.9 Å². The topological polar surface area (TPSA) is 101 Å². The molecule has 28 heavy (non-hydrogen) atoms. The van der Waals surface area contributed by atoms with Crippen LogP contribution in [0.5, 0.6) is 5.75 Å². The average Bonchev–Trinajstić information content (AvgIpc) is 3.26. The molecule has 0 aliphatic carbocycles. The molecule has 0 radical (unpaired) electrons. The van der Waals surface area contributed by atoms with Gasteiger partial charge in [0, 0.05) is 48.7 Å². The molecule has 0 aromatic carbocycles. The van der Waals surface area contributed by atoms with Gasteiger partial charge in [-0.15, -0.1) is 0 Å². The van der Waals surface area contributed by atoms with E-state index in [2.05, 4.69) is 28.5 Å². The van der Waals surface area contributed by atoms with Gasteiger partial charge >= 0.3 is 0 Å². The van der Waals surface area contributed by atoms with E-state index in [0.717, 1.165) is 34.2 Å². The van der Waals surface area contributed by atoms with E-state index in [9.17, 15) is 4.79 Å². The lowest BCUT2D eigenvalue weighted by atomic mass is 10.0. The molecule has 8 heteroatoms. The molecule has 1 aliphatic heterocycles. The summed E-state index contributed by atoms with van der Waals surface area (Å²) in [4.78, 5) is 20.7. The zero-order chi connectivity index (χ0) is 19.8. The molecule has 0 saturated carbocycles. The van der Waals surface area contributed by atoms with Crippen molar-refractivity contribution in [3.8, 4) is 28.5 Å². The summed E-state index contributed by atoms with van der Waals surface area (Å²) >= 11 is 0. The van der Waals surface area contributed by atoms with Crippen molar-refractivity contribution in [2.24, 2.45) is 11.7 Å². The van der Waals surface area contributed by atoms with Crippen molar-refractivity contribution in [1.82, 2.24) is 24.3 Å². The fourth-order valence-corrected chi connectivity index (χ4v) is 3.40. The number of imidazole rings is 1. The highest BCUT2D eigenvalue weighted by Crippen LogP contribution is 2.34. The highest BCUT2D eigenvalue weighted by Gasteiger charge is 2.22. The minimum absolute atomic E-state index is 0.249. The van der Waals surface area contributed by atoms with Gasteiger partial charge in [0.2, 0.25) is 5.91 Å². The summed E-state index contributed by atoms with van der Waals surface area (Å²) in [5.41, 5.74) is 8.86. The number of rotatable bonds is 5. The van der Waals surface area contributed by atoms with E-state index < -0.39 is 0 Å². The highest BCUT2D eigenvalue weighted by atomic mass is 16.5. The molecule has 146 valence electrons. The van der Waals surface area contributed by atoms with Crippen LogP contribution < -0.4 is 10.5 Å². The third kappa shape index (κ3) is 3.26. The molecule has 0 spiro atoms. The predicted octanol–water partition coefficient (Wildman–Crippen LogP) is 2.45. The number of carbonyl (C=O) groups excluding carboxylic acids is 1. The molecule has 4 rings (SSSR count). The molecule has 0 fully saturated rings. The monoisotopic (exact) mass is 380 g/mol. The van der Waals surface area contributed by atoms with Crippen LogP contribution in [0.25, 0.3) is 22.8 Å². The van der Waals surface area contributed by atoms with Crippen LogP contribution in [0.3, 0.4) is 0 Å². The van der Waals surface area contributed by atoms with Crippen LogP contribution in [0.2, 0.25) is 0 Å². The molecule has 0 bridgehead atoms. The Morgan fingerprint density at radius 3 is 2.93 bits per heavy atom. The number of hydrogen-bond acceptors (Lipinski definition) is 5. The van der Waals surface area contributed by atoms with Gasteiger partial charge in [-0.25, -0.2) is 4.98 Å². The largest absolute Gasteiger partial charge is 0.491 e. The Labute approximate surface area is 163 Å². The molecule has 0 saturated heterocycles. The van der Waals surface area contributed by atoms with E-state index in [4.69, 9.17) is 15.5 Å². The Bertz CT molecular complexity index is 1020. The minimum Gasteiger partial charge on any atom is -0.491 e. The number of nitrogens with zero attached hydrogens (tertiary/aromatic N) is 5. The maximum atomic E-state index is 11.3. The van der Waals surface area contributed by atoms with Gasteiger partial charge in [-0.2, -0.15) is 5.10 Å². The minimum atomic E-state index is -0.334. The van der Waals surface area contributed by atoms with Gasteiger partial charge < -0.3 is 15.0 Å². The summed E-state index contributed by atoms with van der Waals surface area (Å²) in [5.74, 6) is 0.941. The van der Waals surface area contributed by atoms with E-state index in [1.54, 1.807) is 19.3 Å². The van der Waals surface area contributed by atoms with Crippen LogP contribution in [0.1, 0.15) is 32.5 Å². The Balaban J connectivity index is 1.72. The third-order valence-electron chi connectivity index (χ3n) is 4.95. The van der Waals surface area contributed by atoms with E-state index in [0.29, 0.717) is 19.6 Å². The quantitative estimate of drug-likeness (QED) is 0.733. The Hall–Kier alpha value is -3.16. The van der Waals surface area contributed by atoms with E-state index in [1.807, 2.05) is 23.0 Å². The van der Waals surface area contributed by atoms with Crippen molar-refractivity contribution >= 4 is 5.91 Å². The normalized spacial score (nSPS) is 14.1. The molecule has 1 aliphatic rings. The molecule has 2 N–H and O–H groups in total. The standard InChI is InChI=1S/C20H24N6O2/c1-12(2)26-17(4-5-23-26)16-11-25-6-7-28-18-9-14(8-13(3)19(21)27)22-10-15(18)20(25)24-16/h4-5,9-13H,6-8H2,1-3H3,(H2,21,27)/t13-/m1/s1. The van der Waals surface area contributed by atoms with Crippen molar-refractivity contribution < 1.29 is 9.53 Å². The molecular weight excluding hydrogens is 356 g/mol. The molecule has 1 atom stereocenters. The Morgan fingerprint density at radius 1 is 1.36 bits per heavy atom. The van der Waals surface area contributed by atoms with Crippen molar-refractivity contribution in [2.45, 2.75) is 39.8 Å². The zero-order valence-corrected chi connectivity index (χ0v) is 16.3. The fraction of sp³-hybridized carbons (Fsp3) is 0.400. The first-order valence-electron chi connectivity index (χ1n) is 9.46. The Kier molecular flexibility index (Phi) is 4.62. The van der Waals surface area contributed by atoms with Gasteiger partial charge in [-0.1, -0.05) is 6.92 Å². The third-order valence-corrected chi connectivity index (χ3v) is 4.95. The van der Waals surface area contributed by atoms with Crippen LogP contribution in [-0.4, -0.2) is 36.8 Å². The summed E-state index contributed by atoms with van der Waals surface area (Å²) in [6.07, 6.45) is 6.09. The lowest BCUT2D eigenvalue weighted by Crippen LogP contribution is -2.22. The second-order valence-electron chi connectivity index (χ2n) is 7.43. The number of hydrogen-bond donors (Lipinski definition) is 1. The van der Waals surface area contributed by atoms with Crippen LogP contribution >= 0.6 is 0 Å². The zero-order valence-electron chi connectivity index (χ0n) is 16.3. The number of pyridine rings is 1. The first-order chi connectivity index (χ1) is 13.4. The molecule has 1 amide bonds. The van der Waals surface area contributed by atoms with E-state index in [-0.39, 0.29) is 17.9 Å². The van der Waals surface area contributed by atoms with E-state index in [1.165, 1.54) is 0 Å². The predicted molar refractivity (Wildman–Crippen MR) is 105 cm³/mol. The summed E-state index contributed by atoms with van der Waals surface area (Å²) < 4.78 is 9.98. The summed E-state index contributed by atoms with van der Waals surface area (Å²) in [5, 5.41) is 4.41. The molecule has 3 aromatic rings. The van der Waals surface area contributed by atoms with Gasteiger partial charge in [0.15, 0.2) is 0 Å². The van der Waals surface area contributed by atoms with Crippen molar-refractivity contribution in [1.29, 1.82) is 0 Å². The number of fused-ring (bicyclic) bond motifs is 3. The van der Waals surface area contributed by atoms with Crippen molar-refractivity contribution in [2.75, 3.05) is 6.61 Å². The molecule has 3 aromatic heterocycles. The molecule has 4 heterocycles. The number of ether oxygens (including phenoxy) is 1. The second-order valence-corrected chi connectivity index (χ2v) is 7.43. The van der Waals surface area contributed by atoms with Crippen LogP contribution in [-0.2, 0) is 17.8 Å². The number of aromatic nitrogens is 5. The molecule has 8 nitrogen and oxygen atoms in total. The number of carbonyl (C=O) groups is 1. The lowest BCUT2D eigenvalue weighted by molar-refractivity contribution is -0.121. The van der Waals surface area contributed by atoms with Crippen molar-refractivity contribution in [3.05, 3.63) is 36.4 Å². The SMILES string of the molecule is CC(C)n1nccc1-c1cn2c(n1)-c1cnc(C[C@@H](C)C(N)=O)cc1OCC2. The maximum absolute atomic E-state index is 11.3. The number of nitrogens with two attached hydrogens (primary N) is 1. The number of primary amides is 1. The smallest absolute Gasteiger partial charge is 0.220 e. The fourth-order valence-electron chi connectivity index (χ4n) is 3.40. The number of amides is 1. The maximum Gasteiger partial charge on any atom is 0.220 e. The van der Waals surface area contributed by atoms with Gasteiger partial charge in [0.05, 0.1) is 17.8 Å². The first kappa shape index (κ1) is 18.2. The second kappa shape index (κ2) is 7.10. The van der Waals surface area contributed by atoms with Gasteiger partial charge in [-0.3, -0.25) is 14.5 Å². The first-order valence-corrected chi connectivity index (χ1v) is 9.46. The van der Waals surface area contributed by atoms with Crippen molar-refractivity contribution in [3.63, 3.8) is 0 Å². The molecular formula is C20H24N6O2. The van der Waals surface area contributed by atoms with Crippen LogP contribution in [0.15, 0.2) is 30.7 Å². The summed E-state index contributed by atoms with van der Waals surface area (Å²) in [6, 6.07) is 4.11. The van der Waals surface area contributed by atoms with Gasteiger partial charge in [0.25, 0.3) is 0 Å². The summed E-state index contributed by atoms with van der Waals surface area (Å²) in [6.45, 7) is 7.22. The van der Waals surface area contributed by atoms with Crippen LogP contribution in [0, 0.1) is 5.92 Å². The van der Waals surface area contributed by atoms with E-state index >= 15 is 0 Å².